The fourth-order valence-electron chi connectivity index (χ4n) is 4.47. The number of carbonyl (C=O) groups is 2. The van der Waals surface area contributed by atoms with Gasteiger partial charge in [-0.15, -0.1) is 0 Å². The zero-order chi connectivity index (χ0) is 23.7. The molecule has 5 rings (SSSR count). The van der Waals surface area contributed by atoms with Gasteiger partial charge in [0.15, 0.2) is 6.10 Å². The number of ether oxygens (including phenoxy) is 1. The number of imide groups is 1. The van der Waals surface area contributed by atoms with Gasteiger partial charge < -0.3 is 4.74 Å². The molecule has 2 aliphatic heterocycles. The van der Waals surface area contributed by atoms with Crippen LogP contribution in [0.15, 0.2) is 78.9 Å². The summed E-state index contributed by atoms with van der Waals surface area (Å²) in [7, 11) is 0. The standard InChI is InChI=1S/C27H23N3O4/c1-2-16-33-22-14-12-20(13-15-22)29-26(31)23-24(19-10-8-18(17-28)9-11-19)30(34-25(23)27(29)32)21-6-4-3-5-7-21/h3-15,23-25H,2,16H2,1H3/t23-,24+,25+/m0/s1. The molecule has 3 aromatic rings. The molecule has 0 bridgehead atoms. The minimum atomic E-state index is -0.940. The van der Waals surface area contributed by atoms with Crippen molar-refractivity contribution in [3.05, 3.63) is 90.0 Å². The fourth-order valence-corrected chi connectivity index (χ4v) is 4.47. The second-order valence-corrected chi connectivity index (χ2v) is 8.25. The van der Waals surface area contributed by atoms with Crippen molar-refractivity contribution in [2.75, 3.05) is 16.6 Å². The first kappa shape index (κ1) is 21.7. The summed E-state index contributed by atoms with van der Waals surface area (Å²) < 4.78 is 5.62. The first-order valence-electron chi connectivity index (χ1n) is 11.2. The van der Waals surface area contributed by atoms with E-state index in [9.17, 15) is 14.9 Å². The van der Waals surface area contributed by atoms with Crippen LogP contribution in [0.3, 0.4) is 0 Å². The molecule has 2 amide bonds. The number of nitrogens with zero attached hydrogens (tertiary/aromatic N) is 3. The molecule has 0 radical (unpaired) electrons. The molecule has 2 saturated heterocycles. The Labute approximate surface area is 197 Å². The highest BCUT2D eigenvalue weighted by Crippen LogP contribution is 2.47. The topological polar surface area (TPSA) is 82.9 Å². The molecule has 0 aliphatic carbocycles. The molecular weight excluding hydrogens is 430 g/mol. The summed E-state index contributed by atoms with van der Waals surface area (Å²) in [5.74, 6) is -0.747. The monoisotopic (exact) mass is 453 g/mol. The number of hydroxylamine groups is 1. The van der Waals surface area contributed by atoms with E-state index in [0.717, 1.165) is 17.7 Å². The van der Waals surface area contributed by atoms with E-state index in [-0.39, 0.29) is 5.91 Å². The van der Waals surface area contributed by atoms with Crippen LogP contribution in [0, 0.1) is 17.2 Å². The molecule has 7 nitrogen and oxygen atoms in total. The normalized spacial score (nSPS) is 21.5. The number of amides is 2. The summed E-state index contributed by atoms with van der Waals surface area (Å²) in [6.45, 7) is 2.62. The lowest BCUT2D eigenvalue weighted by Gasteiger charge is -2.28. The van der Waals surface area contributed by atoms with Gasteiger partial charge in [0.25, 0.3) is 5.91 Å². The lowest BCUT2D eigenvalue weighted by molar-refractivity contribution is -0.126. The number of para-hydroxylation sites is 1. The van der Waals surface area contributed by atoms with Crippen LogP contribution < -0.4 is 14.7 Å². The van der Waals surface area contributed by atoms with Crippen molar-refractivity contribution < 1.29 is 19.2 Å². The van der Waals surface area contributed by atoms with Crippen molar-refractivity contribution in [3.63, 3.8) is 0 Å². The average molecular weight is 453 g/mol. The van der Waals surface area contributed by atoms with Crippen LogP contribution in [-0.4, -0.2) is 24.5 Å². The summed E-state index contributed by atoms with van der Waals surface area (Å²) in [5, 5.41) is 10.8. The van der Waals surface area contributed by atoms with E-state index in [4.69, 9.17) is 9.57 Å². The molecule has 170 valence electrons. The van der Waals surface area contributed by atoms with Gasteiger partial charge in [-0.05, 0) is 60.5 Å². The van der Waals surface area contributed by atoms with Gasteiger partial charge in [0, 0.05) is 0 Å². The maximum atomic E-state index is 13.7. The Bertz CT molecular complexity index is 1240. The van der Waals surface area contributed by atoms with Crippen LogP contribution in [0.2, 0.25) is 0 Å². The van der Waals surface area contributed by atoms with Crippen LogP contribution in [-0.2, 0) is 14.4 Å². The van der Waals surface area contributed by atoms with Gasteiger partial charge >= 0.3 is 0 Å². The third kappa shape index (κ3) is 3.68. The van der Waals surface area contributed by atoms with E-state index < -0.39 is 24.0 Å². The summed E-state index contributed by atoms with van der Waals surface area (Å²) in [6, 6.07) is 25.0. The second kappa shape index (κ2) is 9.00. The maximum absolute atomic E-state index is 13.7. The van der Waals surface area contributed by atoms with Crippen molar-refractivity contribution in [2.24, 2.45) is 5.92 Å². The van der Waals surface area contributed by atoms with Crippen molar-refractivity contribution in [1.82, 2.24) is 0 Å². The molecule has 0 aromatic heterocycles. The average Bonchev–Trinajstić information content (AvgIpc) is 3.39. The Kier molecular flexibility index (Phi) is 5.74. The largest absolute Gasteiger partial charge is 0.494 e. The number of fused-ring (bicyclic) bond motifs is 1. The number of rotatable bonds is 6. The van der Waals surface area contributed by atoms with E-state index in [1.54, 1.807) is 41.5 Å². The first-order valence-corrected chi connectivity index (χ1v) is 11.2. The highest BCUT2D eigenvalue weighted by atomic mass is 16.7. The van der Waals surface area contributed by atoms with Gasteiger partial charge in [0.05, 0.1) is 35.7 Å². The first-order chi connectivity index (χ1) is 16.6. The molecule has 2 aliphatic rings. The highest BCUT2D eigenvalue weighted by Gasteiger charge is 2.60. The molecule has 7 heteroatoms. The molecule has 34 heavy (non-hydrogen) atoms. The quantitative estimate of drug-likeness (QED) is 0.515. The summed E-state index contributed by atoms with van der Waals surface area (Å²) in [5.41, 5.74) is 2.55. The minimum Gasteiger partial charge on any atom is -0.494 e. The zero-order valence-electron chi connectivity index (χ0n) is 18.6. The second-order valence-electron chi connectivity index (χ2n) is 8.25. The van der Waals surface area contributed by atoms with Crippen LogP contribution in [0.5, 0.6) is 5.75 Å². The van der Waals surface area contributed by atoms with Gasteiger partial charge in [0.1, 0.15) is 11.7 Å². The predicted molar refractivity (Wildman–Crippen MR) is 126 cm³/mol. The fraction of sp³-hybridized carbons (Fsp3) is 0.222. The Hall–Kier alpha value is -4.15. The molecule has 3 aromatic carbocycles. The smallest absolute Gasteiger partial charge is 0.266 e. The van der Waals surface area contributed by atoms with E-state index in [1.165, 1.54) is 4.90 Å². The number of carbonyl (C=O) groups excluding carboxylic acids is 2. The summed E-state index contributed by atoms with van der Waals surface area (Å²) in [6.07, 6.45) is -0.0513. The SMILES string of the molecule is CCCOc1ccc(N2C(=O)[C@H]3[C@@H](c4ccc(C#N)cc4)N(c4ccccc4)O[C@H]3C2=O)cc1. The van der Waals surface area contributed by atoms with Crippen molar-refractivity contribution in [2.45, 2.75) is 25.5 Å². The van der Waals surface area contributed by atoms with Gasteiger partial charge in [0.2, 0.25) is 5.91 Å². The van der Waals surface area contributed by atoms with E-state index in [2.05, 4.69) is 6.07 Å². The Morgan fingerprint density at radius 1 is 0.912 bits per heavy atom. The van der Waals surface area contributed by atoms with Crippen molar-refractivity contribution >= 4 is 23.2 Å². The number of hydrogen-bond donors (Lipinski definition) is 0. The van der Waals surface area contributed by atoms with Gasteiger partial charge in [-0.3, -0.25) is 14.4 Å². The van der Waals surface area contributed by atoms with Crippen LogP contribution in [0.4, 0.5) is 11.4 Å². The zero-order valence-corrected chi connectivity index (χ0v) is 18.6. The van der Waals surface area contributed by atoms with Gasteiger partial charge in [-0.2, -0.15) is 5.26 Å². The lowest BCUT2D eigenvalue weighted by atomic mass is 9.90. The molecular formula is C27H23N3O4. The van der Waals surface area contributed by atoms with Crippen LogP contribution in [0.25, 0.3) is 0 Å². The van der Waals surface area contributed by atoms with E-state index in [1.807, 2.05) is 49.4 Å². The summed E-state index contributed by atoms with van der Waals surface area (Å²) >= 11 is 0. The molecule has 0 N–H and O–H groups in total. The molecule has 0 saturated carbocycles. The Balaban J connectivity index is 1.50. The Morgan fingerprint density at radius 2 is 1.62 bits per heavy atom. The lowest BCUT2D eigenvalue weighted by Crippen LogP contribution is -2.37. The van der Waals surface area contributed by atoms with Crippen molar-refractivity contribution in [3.8, 4) is 11.8 Å². The third-order valence-electron chi connectivity index (χ3n) is 6.08. The number of anilines is 2. The van der Waals surface area contributed by atoms with Gasteiger partial charge in [-0.1, -0.05) is 37.3 Å². The molecule has 3 atom stereocenters. The Morgan fingerprint density at radius 3 is 2.26 bits per heavy atom. The number of nitriles is 1. The third-order valence-corrected chi connectivity index (χ3v) is 6.08. The minimum absolute atomic E-state index is 0.315. The maximum Gasteiger partial charge on any atom is 0.266 e. The molecule has 0 unspecified atom stereocenters. The van der Waals surface area contributed by atoms with E-state index >= 15 is 0 Å². The van der Waals surface area contributed by atoms with Crippen LogP contribution >= 0.6 is 0 Å². The highest BCUT2D eigenvalue weighted by molar-refractivity contribution is 6.23. The molecule has 0 spiro atoms. The molecule has 2 heterocycles. The molecule has 2 fully saturated rings. The van der Waals surface area contributed by atoms with Crippen molar-refractivity contribution in [1.29, 1.82) is 5.26 Å². The van der Waals surface area contributed by atoms with Gasteiger partial charge in [-0.25, -0.2) is 9.96 Å². The number of hydrogen-bond acceptors (Lipinski definition) is 6. The predicted octanol–water partition coefficient (Wildman–Crippen LogP) is 4.40. The van der Waals surface area contributed by atoms with Crippen LogP contribution in [0.1, 0.15) is 30.5 Å². The number of benzene rings is 3. The van der Waals surface area contributed by atoms with E-state index in [0.29, 0.717) is 23.6 Å². The summed E-state index contributed by atoms with van der Waals surface area (Å²) in [4.78, 5) is 34.4.